The second kappa shape index (κ2) is 5.45. The highest BCUT2D eigenvalue weighted by molar-refractivity contribution is 7.13. The van der Waals surface area contributed by atoms with Gasteiger partial charge in [0.1, 0.15) is 6.04 Å². The number of carbonyl (C=O) groups is 2. The molecule has 1 aliphatic heterocycles. The summed E-state index contributed by atoms with van der Waals surface area (Å²) in [6.45, 7) is 4.72. The minimum Gasteiger partial charge on any atom is -0.368 e. The van der Waals surface area contributed by atoms with E-state index in [1.54, 1.807) is 16.2 Å². The minimum absolute atomic E-state index is 0.0734. The van der Waals surface area contributed by atoms with E-state index in [0.29, 0.717) is 18.0 Å². The van der Waals surface area contributed by atoms with Crippen LogP contribution in [0.4, 0.5) is 0 Å². The fourth-order valence-corrected chi connectivity index (χ4v) is 4.95. The molecular weight excluding hydrogens is 320 g/mol. The van der Waals surface area contributed by atoms with Gasteiger partial charge in [0, 0.05) is 22.5 Å². The summed E-state index contributed by atoms with van der Waals surface area (Å²) in [6, 6.07) is 7.45. The van der Waals surface area contributed by atoms with Gasteiger partial charge < -0.3 is 10.6 Å². The number of carbonyl (C=O) groups excluding carboxylic acids is 2. The summed E-state index contributed by atoms with van der Waals surface area (Å²) in [7, 11) is 0. The fraction of sp³-hybridized carbons (Fsp3) is 0.368. The number of nitrogens with two attached hydrogens (primary N) is 1. The first-order chi connectivity index (χ1) is 11.5. The van der Waals surface area contributed by atoms with E-state index >= 15 is 0 Å². The molecule has 2 heterocycles. The predicted molar refractivity (Wildman–Crippen MR) is 94.8 cm³/mol. The molecule has 5 heteroatoms. The maximum absolute atomic E-state index is 13.2. The normalized spacial score (nSPS) is 24.8. The van der Waals surface area contributed by atoms with Crippen LogP contribution in [0.1, 0.15) is 27.9 Å². The van der Waals surface area contributed by atoms with Crippen molar-refractivity contribution >= 4 is 23.2 Å². The van der Waals surface area contributed by atoms with E-state index in [2.05, 4.69) is 18.4 Å². The number of amides is 2. The standard InChI is InChI=1S/C19H20N2O2S/c1-10-6-15(24-9-10)16-11(2)4-3-5-13(16)19(23)21-8-12-7-14(12)17(21)18(20)22/h3-6,9,12,14,17H,7-8H2,1-2H3,(H2,20,22)/t12-,14-,17+/m1/s1. The van der Waals surface area contributed by atoms with E-state index in [1.807, 2.05) is 25.1 Å². The number of piperidine rings is 1. The van der Waals surface area contributed by atoms with Crippen LogP contribution >= 0.6 is 11.3 Å². The zero-order valence-corrected chi connectivity index (χ0v) is 14.6. The van der Waals surface area contributed by atoms with Gasteiger partial charge in [0.25, 0.3) is 5.91 Å². The molecule has 0 radical (unpaired) electrons. The molecule has 0 spiro atoms. The first-order valence-corrected chi connectivity index (χ1v) is 9.10. The van der Waals surface area contributed by atoms with E-state index in [4.69, 9.17) is 5.73 Å². The Morgan fingerprint density at radius 3 is 2.75 bits per heavy atom. The largest absolute Gasteiger partial charge is 0.368 e. The molecule has 1 aromatic carbocycles. The van der Waals surface area contributed by atoms with Crippen molar-refractivity contribution in [3.63, 3.8) is 0 Å². The smallest absolute Gasteiger partial charge is 0.255 e. The Morgan fingerprint density at radius 1 is 1.29 bits per heavy atom. The molecule has 2 aromatic rings. The van der Waals surface area contributed by atoms with Gasteiger partial charge in [-0.15, -0.1) is 11.3 Å². The monoisotopic (exact) mass is 340 g/mol. The summed E-state index contributed by atoms with van der Waals surface area (Å²) < 4.78 is 0. The minimum atomic E-state index is -0.444. The van der Waals surface area contributed by atoms with Crippen molar-refractivity contribution in [3.8, 4) is 10.4 Å². The number of hydrogen-bond donors (Lipinski definition) is 1. The van der Waals surface area contributed by atoms with Crippen molar-refractivity contribution in [1.29, 1.82) is 0 Å². The molecule has 0 bridgehead atoms. The molecule has 24 heavy (non-hydrogen) atoms. The zero-order valence-electron chi connectivity index (χ0n) is 13.8. The zero-order chi connectivity index (χ0) is 17.0. The van der Waals surface area contributed by atoms with Gasteiger partial charge in [-0.25, -0.2) is 0 Å². The maximum Gasteiger partial charge on any atom is 0.255 e. The van der Waals surface area contributed by atoms with E-state index in [0.717, 1.165) is 22.4 Å². The van der Waals surface area contributed by atoms with Crippen molar-refractivity contribution in [2.75, 3.05) is 6.54 Å². The SMILES string of the molecule is Cc1csc(-c2c(C)cccc2C(=O)N2C[C@H]3C[C@H]3[C@H]2C(N)=O)c1. The summed E-state index contributed by atoms with van der Waals surface area (Å²) >= 11 is 1.64. The van der Waals surface area contributed by atoms with Gasteiger partial charge in [0.2, 0.25) is 5.91 Å². The number of benzene rings is 1. The van der Waals surface area contributed by atoms with Crippen LogP contribution in [0.2, 0.25) is 0 Å². The Kier molecular flexibility index (Phi) is 3.49. The van der Waals surface area contributed by atoms with Gasteiger partial charge in [0.05, 0.1) is 0 Å². The highest BCUT2D eigenvalue weighted by atomic mass is 32.1. The Balaban J connectivity index is 1.76. The average Bonchev–Trinajstić information content (AvgIpc) is 2.99. The number of thiophene rings is 1. The molecule has 4 nitrogen and oxygen atoms in total. The lowest BCUT2D eigenvalue weighted by atomic mass is 9.98. The van der Waals surface area contributed by atoms with Crippen LogP contribution in [0.25, 0.3) is 10.4 Å². The van der Waals surface area contributed by atoms with E-state index in [9.17, 15) is 9.59 Å². The molecule has 1 aliphatic carbocycles. The van der Waals surface area contributed by atoms with Crippen LogP contribution in [0.5, 0.6) is 0 Å². The molecule has 0 unspecified atom stereocenters. The van der Waals surface area contributed by atoms with Crippen LogP contribution in [-0.4, -0.2) is 29.3 Å². The van der Waals surface area contributed by atoms with Gasteiger partial charge in [-0.3, -0.25) is 9.59 Å². The van der Waals surface area contributed by atoms with Crippen molar-refractivity contribution in [2.24, 2.45) is 17.6 Å². The number of likely N-dealkylation sites (tertiary alicyclic amines) is 1. The summed E-state index contributed by atoms with van der Waals surface area (Å²) in [4.78, 5) is 27.8. The number of primary amides is 1. The lowest BCUT2D eigenvalue weighted by Gasteiger charge is -2.26. The third-order valence-corrected chi connectivity index (χ3v) is 6.25. The quantitative estimate of drug-likeness (QED) is 0.933. The second-order valence-electron chi connectivity index (χ2n) is 6.95. The second-order valence-corrected chi connectivity index (χ2v) is 7.86. The maximum atomic E-state index is 13.2. The summed E-state index contributed by atoms with van der Waals surface area (Å²) in [5.41, 5.74) is 9.48. The highest BCUT2D eigenvalue weighted by Gasteiger charge is 2.56. The number of fused-ring (bicyclic) bond motifs is 1. The summed E-state index contributed by atoms with van der Waals surface area (Å²) in [5.74, 6) is 0.262. The Hall–Kier alpha value is -2.14. The lowest BCUT2D eigenvalue weighted by molar-refractivity contribution is -0.122. The van der Waals surface area contributed by atoms with Crippen LogP contribution in [0, 0.1) is 25.7 Å². The topological polar surface area (TPSA) is 63.4 Å². The first kappa shape index (κ1) is 15.4. The molecule has 124 valence electrons. The predicted octanol–water partition coefficient (Wildman–Crippen LogP) is 2.98. The summed E-state index contributed by atoms with van der Waals surface area (Å²) in [5, 5.41) is 2.09. The molecule has 2 aliphatic rings. The number of rotatable bonds is 3. The first-order valence-electron chi connectivity index (χ1n) is 8.22. The van der Waals surface area contributed by atoms with Gasteiger partial charge in [0.15, 0.2) is 0 Å². The van der Waals surface area contributed by atoms with Crippen molar-refractivity contribution in [2.45, 2.75) is 26.3 Å². The van der Waals surface area contributed by atoms with Gasteiger partial charge >= 0.3 is 0 Å². The Labute approximate surface area is 145 Å². The lowest BCUT2D eigenvalue weighted by Crippen LogP contribution is -2.46. The summed E-state index contributed by atoms with van der Waals surface area (Å²) in [6.07, 6.45) is 1.02. The van der Waals surface area contributed by atoms with Crippen molar-refractivity contribution in [3.05, 3.63) is 46.3 Å². The number of aryl methyl sites for hydroxylation is 2. The average molecular weight is 340 g/mol. The van der Waals surface area contributed by atoms with Gasteiger partial charge in [-0.2, -0.15) is 0 Å². The molecular formula is C19H20N2O2S. The van der Waals surface area contributed by atoms with Crippen molar-refractivity contribution in [1.82, 2.24) is 4.90 Å². The van der Waals surface area contributed by atoms with Crippen LogP contribution in [0.15, 0.2) is 29.6 Å². The number of nitrogens with zero attached hydrogens (tertiary/aromatic N) is 1. The highest BCUT2D eigenvalue weighted by Crippen LogP contribution is 2.50. The third kappa shape index (κ3) is 2.35. The van der Waals surface area contributed by atoms with E-state index in [1.165, 1.54) is 5.56 Å². The molecule has 1 saturated heterocycles. The molecule has 2 fully saturated rings. The van der Waals surface area contributed by atoms with Gasteiger partial charge in [-0.05, 0) is 60.7 Å². The fourth-order valence-electron chi connectivity index (χ4n) is 3.93. The van der Waals surface area contributed by atoms with E-state index in [-0.39, 0.29) is 17.7 Å². The molecule has 4 rings (SSSR count). The molecule has 1 aromatic heterocycles. The number of hydrogen-bond acceptors (Lipinski definition) is 3. The van der Waals surface area contributed by atoms with E-state index < -0.39 is 6.04 Å². The van der Waals surface area contributed by atoms with Crippen LogP contribution in [0.3, 0.4) is 0 Å². The molecule has 2 N–H and O–H groups in total. The Bertz CT molecular complexity index is 842. The van der Waals surface area contributed by atoms with Gasteiger partial charge in [-0.1, -0.05) is 12.1 Å². The van der Waals surface area contributed by atoms with Crippen LogP contribution in [-0.2, 0) is 4.79 Å². The van der Waals surface area contributed by atoms with Crippen LogP contribution < -0.4 is 5.73 Å². The Morgan fingerprint density at radius 2 is 2.08 bits per heavy atom. The molecule has 1 saturated carbocycles. The third-order valence-electron chi connectivity index (χ3n) is 5.18. The molecule has 3 atom stereocenters. The van der Waals surface area contributed by atoms with Crippen molar-refractivity contribution < 1.29 is 9.59 Å². The molecule has 2 amide bonds.